The number of ether oxygens (including phenoxy) is 1. The third-order valence-electron chi connectivity index (χ3n) is 2.25. The zero-order chi connectivity index (χ0) is 12.0. The molecule has 0 saturated heterocycles. The Morgan fingerprint density at radius 2 is 2.50 bits per heavy atom. The number of amides is 1. The van der Waals surface area contributed by atoms with E-state index in [0.29, 0.717) is 12.4 Å². The Hall–Kier alpha value is -1.47. The molecule has 7 nitrogen and oxygen atoms in total. The molecule has 3 N–H and O–H groups in total. The second kappa shape index (κ2) is 6.19. The third kappa shape index (κ3) is 3.01. The summed E-state index contributed by atoms with van der Waals surface area (Å²) in [5.41, 5.74) is 5.37. The zero-order valence-electron chi connectivity index (χ0n) is 9.51. The van der Waals surface area contributed by atoms with E-state index in [2.05, 4.69) is 15.5 Å². The molecule has 90 valence electrons. The van der Waals surface area contributed by atoms with Crippen LogP contribution in [0.2, 0.25) is 0 Å². The van der Waals surface area contributed by atoms with Gasteiger partial charge in [-0.05, 0) is 6.92 Å². The minimum atomic E-state index is -0.613. The Morgan fingerprint density at radius 1 is 1.75 bits per heavy atom. The van der Waals surface area contributed by atoms with Crippen LogP contribution in [0.4, 0.5) is 0 Å². The van der Waals surface area contributed by atoms with Gasteiger partial charge in [-0.1, -0.05) is 0 Å². The standard InChI is InChI=1S/C9H17N5O2/c1-3-14-6-12-13-8(14)5-11-9(15)7(4-10)16-2/h6-7H,3-5,10H2,1-2H3,(H,11,15). The number of aryl methyl sites for hydroxylation is 1. The van der Waals surface area contributed by atoms with Gasteiger partial charge >= 0.3 is 0 Å². The van der Waals surface area contributed by atoms with Crippen LogP contribution in [0.1, 0.15) is 12.7 Å². The summed E-state index contributed by atoms with van der Waals surface area (Å²) < 4.78 is 6.76. The van der Waals surface area contributed by atoms with E-state index in [1.165, 1.54) is 7.11 Å². The number of rotatable bonds is 6. The van der Waals surface area contributed by atoms with Crippen molar-refractivity contribution in [3.05, 3.63) is 12.2 Å². The first-order chi connectivity index (χ1) is 7.72. The molecule has 0 aliphatic carbocycles. The largest absolute Gasteiger partial charge is 0.370 e. The van der Waals surface area contributed by atoms with Crippen LogP contribution in [0.15, 0.2) is 6.33 Å². The summed E-state index contributed by atoms with van der Waals surface area (Å²) in [6.45, 7) is 3.23. The Morgan fingerprint density at radius 3 is 3.06 bits per heavy atom. The van der Waals surface area contributed by atoms with Crippen LogP contribution in [0, 0.1) is 0 Å². The summed E-state index contributed by atoms with van der Waals surface area (Å²) in [6.07, 6.45) is 1.01. The van der Waals surface area contributed by atoms with E-state index in [1.807, 2.05) is 11.5 Å². The van der Waals surface area contributed by atoms with Crippen LogP contribution in [-0.4, -0.2) is 40.4 Å². The number of methoxy groups -OCH3 is 1. The monoisotopic (exact) mass is 227 g/mol. The van der Waals surface area contributed by atoms with E-state index in [-0.39, 0.29) is 12.5 Å². The quantitative estimate of drug-likeness (QED) is 0.642. The van der Waals surface area contributed by atoms with Gasteiger partial charge in [-0.25, -0.2) is 0 Å². The highest BCUT2D eigenvalue weighted by Crippen LogP contribution is 1.95. The van der Waals surface area contributed by atoms with Crippen molar-refractivity contribution in [2.24, 2.45) is 5.73 Å². The Bertz CT molecular complexity index is 334. The first-order valence-corrected chi connectivity index (χ1v) is 5.10. The average Bonchev–Trinajstić information content (AvgIpc) is 2.75. The molecule has 0 radical (unpaired) electrons. The summed E-state index contributed by atoms with van der Waals surface area (Å²) >= 11 is 0. The molecule has 0 aromatic carbocycles. The number of nitrogens with two attached hydrogens (primary N) is 1. The Balaban J connectivity index is 2.48. The molecule has 0 bridgehead atoms. The van der Waals surface area contributed by atoms with Crippen LogP contribution < -0.4 is 11.1 Å². The maximum atomic E-state index is 11.5. The lowest BCUT2D eigenvalue weighted by Gasteiger charge is -2.12. The first-order valence-electron chi connectivity index (χ1n) is 5.10. The fourth-order valence-electron chi connectivity index (χ4n) is 1.27. The Kier molecular flexibility index (Phi) is 4.87. The smallest absolute Gasteiger partial charge is 0.250 e. The molecular weight excluding hydrogens is 210 g/mol. The van der Waals surface area contributed by atoms with Gasteiger partial charge in [-0.3, -0.25) is 4.79 Å². The number of aromatic nitrogens is 3. The van der Waals surface area contributed by atoms with E-state index in [1.54, 1.807) is 6.33 Å². The van der Waals surface area contributed by atoms with Crippen LogP contribution in [0.3, 0.4) is 0 Å². The van der Waals surface area contributed by atoms with Crippen LogP contribution >= 0.6 is 0 Å². The summed E-state index contributed by atoms with van der Waals surface area (Å²) in [6, 6.07) is 0. The predicted molar refractivity (Wildman–Crippen MR) is 57.4 cm³/mol. The van der Waals surface area contributed by atoms with Gasteiger partial charge in [0, 0.05) is 20.2 Å². The van der Waals surface area contributed by atoms with Crippen molar-refractivity contribution in [1.29, 1.82) is 0 Å². The van der Waals surface area contributed by atoms with E-state index in [0.717, 1.165) is 6.54 Å². The lowest BCUT2D eigenvalue weighted by Crippen LogP contribution is -2.40. The third-order valence-corrected chi connectivity index (χ3v) is 2.25. The molecular formula is C9H17N5O2. The fraction of sp³-hybridized carbons (Fsp3) is 0.667. The summed E-state index contributed by atoms with van der Waals surface area (Å²) in [5.74, 6) is 0.471. The minimum absolute atomic E-state index is 0.156. The van der Waals surface area contributed by atoms with Crippen molar-refractivity contribution >= 4 is 5.91 Å². The van der Waals surface area contributed by atoms with Gasteiger partial charge in [-0.2, -0.15) is 0 Å². The van der Waals surface area contributed by atoms with Crippen molar-refractivity contribution in [2.75, 3.05) is 13.7 Å². The summed E-state index contributed by atoms with van der Waals surface area (Å²) in [4.78, 5) is 11.5. The minimum Gasteiger partial charge on any atom is -0.370 e. The van der Waals surface area contributed by atoms with Gasteiger partial charge in [0.15, 0.2) is 5.82 Å². The molecule has 0 aliphatic rings. The molecule has 0 saturated carbocycles. The van der Waals surface area contributed by atoms with Crippen molar-refractivity contribution in [2.45, 2.75) is 26.1 Å². The summed E-state index contributed by atoms with van der Waals surface area (Å²) in [7, 11) is 1.45. The predicted octanol–water partition coefficient (Wildman–Crippen LogP) is -1.11. The highest BCUT2D eigenvalue weighted by atomic mass is 16.5. The molecule has 0 spiro atoms. The maximum absolute atomic E-state index is 11.5. The zero-order valence-corrected chi connectivity index (χ0v) is 9.51. The van der Waals surface area contributed by atoms with Crippen molar-refractivity contribution < 1.29 is 9.53 Å². The number of carbonyl (C=O) groups excluding carboxylic acids is 1. The fourth-order valence-corrected chi connectivity index (χ4v) is 1.27. The van der Waals surface area contributed by atoms with Crippen LogP contribution in [0.5, 0.6) is 0 Å². The molecule has 1 aromatic heterocycles. The number of nitrogens with zero attached hydrogens (tertiary/aromatic N) is 3. The van der Waals surface area contributed by atoms with E-state index in [4.69, 9.17) is 10.5 Å². The van der Waals surface area contributed by atoms with Gasteiger partial charge in [0.05, 0.1) is 6.54 Å². The molecule has 1 amide bonds. The van der Waals surface area contributed by atoms with Crippen LogP contribution in [0.25, 0.3) is 0 Å². The SMILES string of the molecule is CCn1cnnc1CNC(=O)C(CN)OC. The average molecular weight is 227 g/mol. The number of carbonyl (C=O) groups is 1. The molecule has 1 unspecified atom stereocenters. The molecule has 0 aliphatic heterocycles. The number of hydrogen-bond donors (Lipinski definition) is 2. The van der Waals surface area contributed by atoms with Crippen molar-refractivity contribution in [3.8, 4) is 0 Å². The molecule has 1 aromatic rings. The van der Waals surface area contributed by atoms with Gasteiger partial charge in [0.1, 0.15) is 12.4 Å². The molecule has 7 heteroatoms. The van der Waals surface area contributed by atoms with E-state index >= 15 is 0 Å². The number of hydrogen-bond acceptors (Lipinski definition) is 5. The molecule has 1 rings (SSSR count). The van der Waals surface area contributed by atoms with Gasteiger partial charge in [0.25, 0.3) is 5.91 Å². The lowest BCUT2D eigenvalue weighted by atomic mass is 10.3. The van der Waals surface area contributed by atoms with Crippen molar-refractivity contribution in [1.82, 2.24) is 20.1 Å². The highest BCUT2D eigenvalue weighted by Gasteiger charge is 2.15. The van der Waals surface area contributed by atoms with Crippen LogP contribution in [-0.2, 0) is 22.6 Å². The van der Waals surface area contributed by atoms with Gasteiger partial charge in [-0.15, -0.1) is 10.2 Å². The normalized spacial score (nSPS) is 12.4. The second-order valence-corrected chi connectivity index (χ2v) is 3.21. The van der Waals surface area contributed by atoms with E-state index < -0.39 is 6.10 Å². The number of nitrogens with one attached hydrogen (secondary N) is 1. The van der Waals surface area contributed by atoms with Gasteiger partial charge in [0.2, 0.25) is 0 Å². The summed E-state index contributed by atoms with van der Waals surface area (Å²) in [5, 5.41) is 10.4. The lowest BCUT2D eigenvalue weighted by molar-refractivity contribution is -0.130. The molecule has 16 heavy (non-hydrogen) atoms. The topological polar surface area (TPSA) is 95.1 Å². The van der Waals surface area contributed by atoms with Gasteiger partial charge < -0.3 is 20.4 Å². The van der Waals surface area contributed by atoms with Crippen molar-refractivity contribution in [3.63, 3.8) is 0 Å². The van der Waals surface area contributed by atoms with E-state index in [9.17, 15) is 4.79 Å². The Labute approximate surface area is 94.0 Å². The second-order valence-electron chi connectivity index (χ2n) is 3.21. The highest BCUT2D eigenvalue weighted by molar-refractivity contribution is 5.80. The molecule has 1 atom stereocenters. The maximum Gasteiger partial charge on any atom is 0.250 e. The molecule has 1 heterocycles. The molecule has 0 fully saturated rings. The first kappa shape index (κ1) is 12.6.